The number of hydrogen-bond donors (Lipinski definition) is 1. The van der Waals surface area contributed by atoms with Gasteiger partial charge in [-0.05, 0) is 18.6 Å². The summed E-state index contributed by atoms with van der Waals surface area (Å²) in [6, 6.07) is 5.53. The van der Waals surface area contributed by atoms with Crippen LogP contribution in [0.1, 0.15) is 15.9 Å². The maximum absolute atomic E-state index is 11.9. The molecule has 1 N–H and O–H groups in total. The van der Waals surface area contributed by atoms with E-state index in [9.17, 15) is 4.79 Å². The van der Waals surface area contributed by atoms with Crippen molar-refractivity contribution in [3.63, 3.8) is 0 Å². The molecule has 0 saturated carbocycles. The second-order valence-corrected chi connectivity index (χ2v) is 3.58. The van der Waals surface area contributed by atoms with E-state index in [0.717, 1.165) is 11.1 Å². The van der Waals surface area contributed by atoms with Crippen molar-refractivity contribution in [3.05, 3.63) is 35.7 Å². The Balaban J connectivity index is 2.39. The number of nitrogens with one attached hydrogen (secondary N) is 1. The van der Waals surface area contributed by atoms with E-state index >= 15 is 0 Å². The van der Waals surface area contributed by atoms with Gasteiger partial charge >= 0.3 is 0 Å². The molecule has 16 heavy (non-hydrogen) atoms. The SMILES string of the molecule is Cc1cccc2c1-c1ncnc(n1)NC2=O. The maximum Gasteiger partial charge on any atom is 0.258 e. The van der Waals surface area contributed by atoms with Crippen LogP contribution in [0.2, 0.25) is 0 Å². The van der Waals surface area contributed by atoms with Gasteiger partial charge in [-0.3, -0.25) is 10.1 Å². The Kier molecular flexibility index (Phi) is 1.73. The summed E-state index contributed by atoms with van der Waals surface area (Å²) < 4.78 is 0. The fourth-order valence-corrected chi connectivity index (χ4v) is 1.80. The highest BCUT2D eigenvalue weighted by Crippen LogP contribution is 2.27. The monoisotopic (exact) mass is 212 g/mol. The molecule has 5 nitrogen and oxygen atoms in total. The average molecular weight is 212 g/mol. The van der Waals surface area contributed by atoms with Crippen LogP contribution < -0.4 is 5.32 Å². The third-order valence-electron chi connectivity index (χ3n) is 2.54. The van der Waals surface area contributed by atoms with E-state index in [1.807, 2.05) is 19.1 Å². The second-order valence-electron chi connectivity index (χ2n) is 3.58. The van der Waals surface area contributed by atoms with Crippen molar-refractivity contribution >= 4 is 11.9 Å². The van der Waals surface area contributed by atoms with Crippen molar-refractivity contribution in [2.75, 3.05) is 5.32 Å². The van der Waals surface area contributed by atoms with Crippen molar-refractivity contribution in [1.29, 1.82) is 0 Å². The zero-order valence-electron chi connectivity index (χ0n) is 8.56. The summed E-state index contributed by atoms with van der Waals surface area (Å²) in [4.78, 5) is 24.0. The molecule has 0 unspecified atom stereocenters. The molecule has 0 saturated heterocycles. The standard InChI is InChI=1S/C11H8N4O/c1-6-3-2-4-7-8(6)9-12-5-13-11(14-9)15-10(7)16/h2-5H,1H3,(H,12,13,14,15,16). The Morgan fingerprint density at radius 3 is 3.00 bits per heavy atom. The fraction of sp³-hybridized carbons (Fsp3) is 0.0909. The molecule has 2 aromatic rings. The van der Waals surface area contributed by atoms with Crippen LogP contribution in [0.15, 0.2) is 24.5 Å². The number of nitrogens with zero attached hydrogens (tertiary/aromatic N) is 3. The molecular weight excluding hydrogens is 204 g/mol. The summed E-state index contributed by atoms with van der Waals surface area (Å²) in [7, 11) is 0. The van der Waals surface area contributed by atoms with Gasteiger partial charge in [-0.1, -0.05) is 12.1 Å². The highest BCUT2D eigenvalue weighted by atomic mass is 16.1. The van der Waals surface area contributed by atoms with E-state index in [4.69, 9.17) is 0 Å². The molecule has 2 heterocycles. The number of aryl methyl sites for hydroxylation is 1. The van der Waals surface area contributed by atoms with E-state index < -0.39 is 0 Å². The summed E-state index contributed by atoms with van der Waals surface area (Å²) in [5.74, 6) is 0.642. The number of aromatic nitrogens is 3. The number of carbonyl (C=O) groups excluding carboxylic acids is 1. The Morgan fingerprint density at radius 1 is 1.25 bits per heavy atom. The molecule has 0 fully saturated rings. The summed E-state index contributed by atoms with van der Waals surface area (Å²) >= 11 is 0. The van der Waals surface area contributed by atoms with Crippen LogP contribution in [0.5, 0.6) is 0 Å². The van der Waals surface area contributed by atoms with E-state index in [0.29, 0.717) is 17.3 Å². The van der Waals surface area contributed by atoms with E-state index in [2.05, 4.69) is 20.3 Å². The number of fused-ring (bicyclic) bond motifs is 4. The van der Waals surface area contributed by atoms with Crippen molar-refractivity contribution in [1.82, 2.24) is 15.0 Å². The predicted molar refractivity (Wildman–Crippen MR) is 58.0 cm³/mol. The zero-order valence-corrected chi connectivity index (χ0v) is 8.56. The molecule has 0 spiro atoms. The van der Waals surface area contributed by atoms with Gasteiger partial charge in [-0.15, -0.1) is 0 Å². The van der Waals surface area contributed by atoms with Crippen LogP contribution >= 0.6 is 0 Å². The molecule has 1 aliphatic rings. The first kappa shape index (κ1) is 8.96. The molecule has 1 aromatic carbocycles. The molecule has 3 rings (SSSR count). The van der Waals surface area contributed by atoms with Crippen molar-refractivity contribution in [2.24, 2.45) is 0 Å². The minimum Gasteiger partial charge on any atom is -0.290 e. The molecule has 0 atom stereocenters. The molecule has 1 aromatic heterocycles. The maximum atomic E-state index is 11.9. The van der Waals surface area contributed by atoms with Crippen molar-refractivity contribution in [3.8, 4) is 11.4 Å². The van der Waals surface area contributed by atoms with Gasteiger partial charge in [0.15, 0.2) is 5.82 Å². The van der Waals surface area contributed by atoms with Gasteiger partial charge in [0.25, 0.3) is 5.91 Å². The van der Waals surface area contributed by atoms with Gasteiger partial charge in [-0.25, -0.2) is 9.97 Å². The Bertz CT molecular complexity index is 594. The van der Waals surface area contributed by atoms with Crippen LogP contribution in [0.4, 0.5) is 5.95 Å². The summed E-state index contributed by atoms with van der Waals surface area (Å²) in [5.41, 5.74) is 2.34. The van der Waals surface area contributed by atoms with E-state index in [1.165, 1.54) is 6.33 Å². The van der Waals surface area contributed by atoms with Gasteiger partial charge < -0.3 is 0 Å². The molecule has 78 valence electrons. The van der Waals surface area contributed by atoms with Gasteiger partial charge in [0.1, 0.15) is 6.33 Å². The van der Waals surface area contributed by atoms with Crippen LogP contribution in [-0.4, -0.2) is 20.9 Å². The third-order valence-corrected chi connectivity index (χ3v) is 2.54. The van der Waals surface area contributed by atoms with Gasteiger partial charge in [0, 0.05) is 5.56 Å². The predicted octanol–water partition coefficient (Wildman–Crippen LogP) is 1.41. The lowest BCUT2D eigenvalue weighted by molar-refractivity contribution is 0.102. The van der Waals surface area contributed by atoms with Crippen molar-refractivity contribution < 1.29 is 4.79 Å². The third kappa shape index (κ3) is 1.18. The fourth-order valence-electron chi connectivity index (χ4n) is 1.80. The highest BCUT2D eigenvalue weighted by molar-refractivity contribution is 6.09. The molecule has 2 bridgehead atoms. The zero-order chi connectivity index (χ0) is 11.1. The molecule has 1 aliphatic heterocycles. The van der Waals surface area contributed by atoms with E-state index in [1.54, 1.807) is 6.07 Å². The molecule has 5 heteroatoms. The number of anilines is 1. The lowest BCUT2D eigenvalue weighted by Gasteiger charge is -2.05. The summed E-state index contributed by atoms with van der Waals surface area (Å²) in [6.45, 7) is 1.93. The normalized spacial score (nSPS) is 12.7. The minimum absolute atomic E-state index is 0.193. The number of carbonyl (C=O) groups is 1. The largest absolute Gasteiger partial charge is 0.290 e. The Hall–Kier alpha value is -2.30. The molecule has 1 amide bonds. The van der Waals surface area contributed by atoms with Crippen molar-refractivity contribution in [2.45, 2.75) is 6.92 Å². The molecule has 0 aliphatic carbocycles. The first-order valence-electron chi connectivity index (χ1n) is 4.86. The number of amides is 1. The van der Waals surface area contributed by atoms with Gasteiger partial charge in [0.05, 0.1) is 5.56 Å². The molecule has 0 radical (unpaired) electrons. The summed E-state index contributed by atoms with van der Waals surface area (Å²) in [5, 5.41) is 2.63. The smallest absolute Gasteiger partial charge is 0.258 e. The quantitative estimate of drug-likeness (QED) is 0.717. The Morgan fingerprint density at radius 2 is 2.12 bits per heavy atom. The first-order chi connectivity index (χ1) is 7.75. The van der Waals surface area contributed by atoms with Crippen LogP contribution in [0.3, 0.4) is 0 Å². The van der Waals surface area contributed by atoms with Gasteiger partial charge in [-0.2, -0.15) is 4.98 Å². The number of benzene rings is 1. The Labute approximate surface area is 91.6 Å². The lowest BCUT2D eigenvalue weighted by Crippen LogP contribution is -2.12. The highest BCUT2D eigenvalue weighted by Gasteiger charge is 2.21. The van der Waals surface area contributed by atoms with Crippen LogP contribution in [-0.2, 0) is 0 Å². The summed E-state index contributed by atoms with van der Waals surface area (Å²) in [6.07, 6.45) is 1.40. The van der Waals surface area contributed by atoms with Crippen LogP contribution in [0, 0.1) is 6.92 Å². The topological polar surface area (TPSA) is 67.8 Å². The first-order valence-corrected chi connectivity index (χ1v) is 4.86. The second kappa shape index (κ2) is 3.10. The number of rotatable bonds is 0. The van der Waals surface area contributed by atoms with Crippen LogP contribution in [0.25, 0.3) is 11.4 Å². The minimum atomic E-state index is -0.193. The molecular formula is C11H8N4O. The number of hydrogen-bond acceptors (Lipinski definition) is 4. The van der Waals surface area contributed by atoms with Gasteiger partial charge in [0.2, 0.25) is 5.95 Å². The average Bonchev–Trinajstić information content (AvgIpc) is 2.36. The lowest BCUT2D eigenvalue weighted by atomic mass is 10.0. The van der Waals surface area contributed by atoms with E-state index in [-0.39, 0.29) is 5.91 Å².